The molecule has 2 aliphatic rings. The highest BCUT2D eigenvalue weighted by Gasteiger charge is 2.37. The average Bonchev–Trinajstić information content (AvgIpc) is 2.37. The van der Waals surface area contributed by atoms with Crippen molar-refractivity contribution in [2.24, 2.45) is 16.6 Å². The van der Waals surface area contributed by atoms with Crippen molar-refractivity contribution >= 4 is 29.3 Å². The van der Waals surface area contributed by atoms with E-state index in [-0.39, 0.29) is 17.4 Å². The van der Waals surface area contributed by atoms with Crippen molar-refractivity contribution < 1.29 is 14.3 Å². The summed E-state index contributed by atoms with van der Waals surface area (Å²) in [5.41, 5.74) is 5.39. The molecular formula is C11H13N3O3S. The maximum absolute atomic E-state index is 12.3. The number of fused-ring (bicyclic) bond motifs is 1. The summed E-state index contributed by atoms with van der Waals surface area (Å²) < 4.78 is 4.93. The Balaban J connectivity index is 2.34. The summed E-state index contributed by atoms with van der Waals surface area (Å²) >= 11 is 1.61. The van der Waals surface area contributed by atoms with E-state index >= 15 is 0 Å². The molecule has 6 nitrogen and oxygen atoms in total. The second-order valence-corrected chi connectivity index (χ2v) is 4.79. The second kappa shape index (κ2) is 5.26. The van der Waals surface area contributed by atoms with Crippen molar-refractivity contribution in [1.29, 1.82) is 0 Å². The van der Waals surface area contributed by atoms with Crippen LogP contribution < -0.4 is 5.73 Å². The van der Waals surface area contributed by atoms with Gasteiger partial charge in [-0.15, -0.1) is 0 Å². The molecule has 0 spiro atoms. The number of rotatable bonds is 4. The van der Waals surface area contributed by atoms with E-state index in [9.17, 15) is 9.59 Å². The molecule has 0 fully saturated rings. The molecule has 0 aromatic carbocycles. The minimum absolute atomic E-state index is 0.107. The number of hydrogen-bond donors (Lipinski definition) is 1. The summed E-state index contributed by atoms with van der Waals surface area (Å²) in [5, 5.41) is 0. The molecule has 2 aliphatic heterocycles. The van der Waals surface area contributed by atoms with E-state index in [2.05, 4.69) is 4.99 Å². The molecule has 0 aromatic rings. The van der Waals surface area contributed by atoms with Crippen LogP contribution in [0.4, 0.5) is 0 Å². The predicted molar refractivity (Wildman–Crippen MR) is 68.3 cm³/mol. The molecule has 2 heterocycles. The first-order valence-corrected chi connectivity index (χ1v) is 6.77. The fraction of sp³-hybridized carbons (Fsp3) is 0.364. The van der Waals surface area contributed by atoms with Crippen LogP contribution in [0.25, 0.3) is 0 Å². The topological polar surface area (TPSA) is 85.0 Å². The number of nitrogens with two attached hydrogens (primary N) is 1. The van der Waals surface area contributed by atoms with Crippen LogP contribution in [0.5, 0.6) is 0 Å². The summed E-state index contributed by atoms with van der Waals surface area (Å²) in [4.78, 5) is 29.1. The first-order chi connectivity index (χ1) is 8.65. The number of nitrogens with zero attached hydrogens (tertiary/aromatic N) is 2. The van der Waals surface area contributed by atoms with Crippen molar-refractivity contribution in [2.75, 3.05) is 12.0 Å². The number of aliphatic imine (C=N–C) groups is 1. The van der Waals surface area contributed by atoms with Crippen molar-refractivity contribution in [3.8, 4) is 0 Å². The van der Waals surface area contributed by atoms with E-state index in [0.717, 1.165) is 5.75 Å². The summed E-state index contributed by atoms with van der Waals surface area (Å²) in [6, 6.07) is 0. The zero-order valence-electron chi connectivity index (χ0n) is 9.83. The summed E-state index contributed by atoms with van der Waals surface area (Å²) in [7, 11) is 0. The van der Waals surface area contributed by atoms with Crippen LogP contribution in [0.3, 0.4) is 0 Å². The SMILES string of the molecule is CSCCC1C(=O)N2C=COC=C2N=C1C(N)=O. The van der Waals surface area contributed by atoms with Gasteiger partial charge in [-0.25, -0.2) is 4.99 Å². The van der Waals surface area contributed by atoms with E-state index < -0.39 is 11.8 Å². The maximum Gasteiger partial charge on any atom is 0.264 e. The molecule has 0 bridgehead atoms. The zero-order chi connectivity index (χ0) is 13.1. The van der Waals surface area contributed by atoms with E-state index in [1.165, 1.54) is 23.6 Å². The molecule has 2 amide bonds. The highest BCUT2D eigenvalue weighted by atomic mass is 32.2. The van der Waals surface area contributed by atoms with E-state index in [4.69, 9.17) is 10.5 Å². The van der Waals surface area contributed by atoms with Crippen molar-refractivity contribution in [3.05, 3.63) is 24.5 Å². The van der Waals surface area contributed by atoms with Gasteiger partial charge in [0.15, 0.2) is 5.82 Å². The zero-order valence-corrected chi connectivity index (χ0v) is 10.6. The van der Waals surface area contributed by atoms with Gasteiger partial charge in [-0.05, 0) is 18.4 Å². The number of carbonyl (C=O) groups excluding carboxylic acids is 2. The molecule has 18 heavy (non-hydrogen) atoms. The van der Waals surface area contributed by atoms with Crippen molar-refractivity contribution in [2.45, 2.75) is 6.42 Å². The van der Waals surface area contributed by atoms with Gasteiger partial charge < -0.3 is 10.5 Å². The van der Waals surface area contributed by atoms with Gasteiger partial charge >= 0.3 is 0 Å². The molecule has 0 saturated carbocycles. The average molecular weight is 267 g/mol. The summed E-state index contributed by atoms with van der Waals surface area (Å²) in [5.74, 6) is -0.384. The van der Waals surface area contributed by atoms with Gasteiger partial charge in [-0.2, -0.15) is 11.8 Å². The van der Waals surface area contributed by atoms with Gasteiger partial charge in [0, 0.05) is 6.20 Å². The lowest BCUT2D eigenvalue weighted by molar-refractivity contribution is -0.130. The lowest BCUT2D eigenvalue weighted by Crippen LogP contribution is -2.45. The van der Waals surface area contributed by atoms with Crippen molar-refractivity contribution in [1.82, 2.24) is 4.90 Å². The van der Waals surface area contributed by atoms with Crippen LogP contribution in [0.2, 0.25) is 0 Å². The quantitative estimate of drug-likeness (QED) is 0.800. The van der Waals surface area contributed by atoms with E-state index in [1.807, 2.05) is 6.26 Å². The molecule has 0 saturated heterocycles. The van der Waals surface area contributed by atoms with Gasteiger partial charge in [0.1, 0.15) is 18.2 Å². The lowest BCUT2D eigenvalue weighted by atomic mass is 9.96. The third-order valence-corrected chi connectivity index (χ3v) is 3.32. The van der Waals surface area contributed by atoms with Gasteiger partial charge in [0.25, 0.3) is 5.91 Å². The molecule has 1 unspecified atom stereocenters. The van der Waals surface area contributed by atoms with Crippen LogP contribution >= 0.6 is 11.8 Å². The molecule has 0 aromatic heterocycles. The van der Waals surface area contributed by atoms with E-state index in [0.29, 0.717) is 6.42 Å². The predicted octanol–water partition coefficient (Wildman–Crippen LogP) is 0.424. The second-order valence-electron chi connectivity index (χ2n) is 3.80. The van der Waals surface area contributed by atoms with Gasteiger partial charge in [-0.3, -0.25) is 14.5 Å². The normalized spacial score (nSPS) is 21.9. The molecular weight excluding hydrogens is 254 g/mol. The molecule has 2 rings (SSSR count). The van der Waals surface area contributed by atoms with Gasteiger partial charge in [0.2, 0.25) is 5.91 Å². The highest BCUT2D eigenvalue weighted by molar-refractivity contribution is 7.98. The minimum Gasteiger partial charge on any atom is -0.467 e. The largest absolute Gasteiger partial charge is 0.467 e. The Hall–Kier alpha value is -1.76. The van der Waals surface area contributed by atoms with Gasteiger partial charge in [-0.1, -0.05) is 0 Å². The lowest BCUT2D eigenvalue weighted by Gasteiger charge is -2.30. The molecule has 0 aliphatic carbocycles. The highest BCUT2D eigenvalue weighted by Crippen LogP contribution is 2.26. The Kier molecular flexibility index (Phi) is 3.71. The fourth-order valence-electron chi connectivity index (χ4n) is 1.80. The standard InChI is InChI=1S/C11H13N3O3S/c1-18-5-2-7-9(10(12)15)13-8-6-17-4-3-14(8)11(7)16/h3-4,6-7H,2,5H2,1H3,(H2,12,15). The number of hydrogen-bond acceptors (Lipinski definition) is 5. The van der Waals surface area contributed by atoms with Crippen LogP contribution in [0.15, 0.2) is 29.5 Å². The Morgan fingerprint density at radius 1 is 1.67 bits per heavy atom. The molecule has 96 valence electrons. The summed E-state index contributed by atoms with van der Waals surface area (Å²) in [6.07, 6.45) is 6.67. The van der Waals surface area contributed by atoms with Crippen LogP contribution in [-0.4, -0.2) is 34.4 Å². The smallest absolute Gasteiger partial charge is 0.264 e. The Bertz CT molecular complexity index is 470. The molecule has 2 N–H and O–H groups in total. The first kappa shape index (κ1) is 12.7. The molecule has 7 heteroatoms. The van der Waals surface area contributed by atoms with Crippen molar-refractivity contribution in [3.63, 3.8) is 0 Å². The first-order valence-electron chi connectivity index (χ1n) is 5.38. The molecule has 1 atom stereocenters. The maximum atomic E-state index is 12.3. The summed E-state index contributed by atoms with van der Waals surface area (Å²) in [6.45, 7) is 0. The monoisotopic (exact) mass is 267 g/mol. The Morgan fingerprint density at radius 2 is 2.44 bits per heavy atom. The third kappa shape index (κ3) is 2.26. The number of carbonyl (C=O) groups is 2. The van der Waals surface area contributed by atoms with E-state index in [1.54, 1.807) is 11.8 Å². The Labute approximate surface area is 109 Å². The third-order valence-electron chi connectivity index (χ3n) is 2.67. The number of thioether (sulfide) groups is 1. The number of ether oxygens (including phenoxy) is 1. The van der Waals surface area contributed by atoms with Crippen LogP contribution in [0.1, 0.15) is 6.42 Å². The minimum atomic E-state index is -0.662. The number of primary amides is 1. The van der Waals surface area contributed by atoms with Gasteiger partial charge in [0.05, 0.1) is 5.92 Å². The molecule has 0 radical (unpaired) electrons. The Morgan fingerprint density at radius 3 is 3.11 bits per heavy atom. The van der Waals surface area contributed by atoms with Crippen LogP contribution in [0, 0.1) is 5.92 Å². The number of amides is 2. The fourth-order valence-corrected chi connectivity index (χ4v) is 2.28. The van der Waals surface area contributed by atoms with Crippen LogP contribution in [-0.2, 0) is 14.3 Å².